The topological polar surface area (TPSA) is 64.7 Å². The third-order valence-corrected chi connectivity index (χ3v) is 8.85. The van der Waals surface area contributed by atoms with Crippen molar-refractivity contribution in [2.75, 3.05) is 39.3 Å². The SMILES string of the molecule is CCN1CCN(Cc2ccc(CC(=O)N3Cc4cc(Oc5ccnc6[nH]c(C)cc56)ccc4C(C)C3)cc2C(F)(F)F)CC1. The van der Waals surface area contributed by atoms with Gasteiger partial charge in [0.15, 0.2) is 0 Å². The summed E-state index contributed by atoms with van der Waals surface area (Å²) in [5, 5.41) is 0.885. The summed E-state index contributed by atoms with van der Waals surface area (Å²) in [6.07, 6.45) is -2.88. The molecule has 232 valence electrons. The van der Waals surface area contributed by atoms with Gasteiger partial charge in [0.1, 0.15) is 17.1 Å². The van der Waals surface area contributed by atoms with Crippen molar-refractivity contribution in [3.63, 3.8) is 0 Å². The number of carbonyl (C=O) groups excluding carboxylic acids is 1. The molecule has 6 rings (SSSR count). The summed E-state index contributed by atoms with van der Waals surface area (Å²) in [6.45, 7) is 11.4. The number of aryl methyl sites for hydroxylation is 1. The van der Waals surface area contributed by atoms with Crippen LogP contribution in [0.4, 0.5) is 13.2 Å². The van der Waals surface area contributed by atoms with E-state index in [9.17, 15) is 18.0 Å². The van der Waals surface area contributed by atoms with Crippen LogP contribution in [0.1, 0.15) is 53.3 Å². The van der Waals surface area contributed by atoms with Crippen molar-refractivity contribution < 1.29 is 22.7 Å². The van der Waals surface area contributed by atoms with E-state index in [4.69, 9.17) is 4.74 Å². The fourth-order valence-corrected chi connectivity index (χ4v) is 6.43. The van der Waals surface area contributed by atoms with Crippen LogP contribution in [0.15, 0.2) is 54.7 Å². The van der Waals surface area contributed by atoms with Crippen molar-refractivity contribution in [3.8, 4) is 11.5 Å². The van der Waals surface area contributed by atoms with Gasteiger partial charge in [-0.3, -0.25) is 9.69 Å². The van der Waals surface area contributed by atoms with Crippen molar-refractivity contribution in [3.05, 3.63) is 88.2 Å². The number of nitrogens with zero attached hydrogens (tertiary/aromatic N) is 4. The number of aromatic amines is 1. The van der Waals surface area contributed by atoms with Crippen LogP contribution in [0.2, 0.25) is 0 Å². The number of benzene rings is 2. The average Bonchev–Trinajstić information content (AvgIpc) is 3.39. The maximum absolute atomic E-state index is 14.2. The van der Waals surface area contributed by atoms with E-state index >= 15 is 0 Å². The molecule has 0 spiro atoms. The van der Waals surface area contributed by atoms with Gasteiger partial charge in [0.25, 0.3) is 0 Å². The predicted octanol–water partition coefficient (Wildman–Crippen LogP) is 6.51. The fraction of sp³-hybridized carbons (Fsp3) is 0.412. The maximum atomic E-state index is 14.2. The molecule has 0 radical (unpaired) electrons. The second-order valence-corrected chi connectivity index (χ2v) is 12.0. The van der Waals surface area contributed by atoms with E-state index in [1.807, 2.05) is 37.3 Å². The number of alkyl halides is 3. The Labute approximate surface area is 255 Å². The van der Waals surface area contributed by atoms with Gasteiger partial charge in [-0.2, -0.15) is 13.2 Å². The lowest BCUT2D eigenvalue weighted by atomic mass is 9.90. The highest BCUT2D eigenvalue weighted by Gasteiger charge is 2.35. The standard InChI is InChI=1S/C34H38F3N5O2/c1-4-40-11-13-41(14-12-40)20-25-6-5-24(16-30(25)34(35,36)37)17-32(43)42-19-22(2)28-8-7-27(18-26(28)21-42)44-31-9-10-38-33-29(31)15-23(3)39-33/h5-10,15-16,18,22H,4,11-14,17,19-21H2,1-3H3,(H,38,39). The van der Waals surface area contributed by atoms with Crippen LogP contribution >= 0.6 is 0 Å². The molecule has 2 aromatic carbocycles. The number of halogens is 3. The number of H-pyrrole nitrogens is 1. The Morgan fingerprint density at radius 2 is 1.82 bits per heavy atom. The number of aromatic nitrogens is 2. The van der Waals surface area contributed by atoms with Crippen LogP contribution in [-0.2, 0) is 30.5 Å². The normalized spacial score (nSPS) is 18.0. The molecule has 2 aliphatic heterocycles. The minimum absolute atomic E-state index is 0.0815. The summed E-state index contributed by atoms with van der Waals surface area (Å²) in [5.74, 6) is 1.23. The monoisotopic (exact) mass is 605 g/mol. The molecule has 1 fully saturated rings. The van der Waals surface area contributed by atoms with Crippen LogP contribution < -0.4 is 4.74 Å². The largest absolute Gasteiger partial charge is 0.457 e. The van der Waals surface area contributed by atoms with Crippen LogP contribution in [0, 0.1) is 6.92 Å². The van der Waals surface area contributed by atoms with Gasteiger partial charge in [-0.25, -0.2) is 4.98 Å². The third kappa shape index (κ3) is 6.46. The fourth-order valence-electron chi connectivity index (χ4n) is 6.43. The van der Waals surface area contributed by atoms with E-state index in [-0.39, 0.29) is 30.4 Å². The number of hydrogen-bond acceptors (Lipinski definition) is 5. The number of likely N-dealkylation sites (N-methyl/N-ethyl adjacent to an activating group) is 1. The van der Waals surface area contributed by atoms with Gasteiger partial charge >= 0.3 is 6.18 Å². The third-order valence-electron chi connectivity index (χ3n) is 8.85. The van der Waals surface area contributed by atoms with E-state index in [2.05, 4.69) is 33.6 Å². The summed E-state index contributed by atoms with van der Waals surface area (Å²) >= 11 is 0. The number of nitrogens with one attached hydrogen (secondary N) is 1. The molecule has 1 unspecified atom stereocenters. The molecule has 7 nitrogen and oxygen atoms in total. The van der Waals surface area contributed by atoms with E-state index < -0.39 is 11.7 Å². The maximum Gasteiger partial charge on any atom is 0.416 e. The molecule has 2 aromatic heterocycles. The zero-order valence-corrected chi connectivity index (χ0v) is 25.4. The molecule has 1 saturated heterocycles. The van der Waals surface area contributed by atoms with Gasteiger partial charge in [-0.15, -0.1) is 0 Å². The van der Waals surface area contributed by atoms with E-state index in [0.717, 1.165) is 60.6 Å². The van der Waals surface area contributed by atoms with Crippen molar-refractivity contribution in [1.29, 1.82) is 0 Å². The van der Waals surface area contributed by atoms with Crippen molar-refractivity contribution >= 4 is 16.9 Å². The lowest BCUT2D eigenvalue weighted by molar-refractivity contribution is -0.138. The molecule has 1 atom stereocenters. The van der Waals surface area contributed by atoms with Gasteiger partial charge in [-0.05, 0) is 72.0 Å². The van der Waals surface area contributed by atoms with Crippen molar-refractivity contribution in [1.82, 2.24) is 24.7 Å². The van der Waals surface area contributed by atoms with Gasteiger partial charge in [0.05, 0.1) is 17.4 Å². The molecule has 4 heterocycles. The van der Waals surface area contributed by atoms with Gasteiger partial charge < -0.3 is 19.5 Å². The molecule has 1 amide bonds. The summed E-state index contributed by atoms with van der Waals surface area (Å²) in [5.41, 5.74) is 3.83. The first kappa shape index (κ1) is 30.1. The first-order chi connectivity index (χ1) is 21.1. The lowest BCUT2D eigenvalue weighted by Crippen LogP contribution is -2.45. The minimum Gasteiger partial charge on any atom is -0.457 e. The number of carbonyl (C=O) groups is 1. The molecule has 0 aliphatic carbocycles. The molecule has 0 bridgehead atoms. The van der Waals surface area contributed by atoms with Crippen molar-refractivity contribution in [2.24, 2.45) is 0 Å². The number of fused-ring (bicyclic) bond motifs is 2. The van der Waals surface area contributed by atoms with Crippen LogP contribution in [0.3, 0.4) is 0 Å². The first-order valence-electron chi connectivity index (χ1n) is 15.2. The quantitative estimate of drug-likeness (QED) is 0.260. The Morgan fingerprint density at radius 3 is 2.57 bits per heavy atom. The van der Waals surface area contributed by atoms with E-state index in [0.29, 0.717) is 30.2 Å². The Kier molecular flexibility index (Phi) is 8.39. The zero-order valence-electron chi connectivity index (χ0n) is 25.4. The smallest absolute Gasteiger partial charge is 0.416 e. The summed E-state index contributed by atoms with van der Waals surface area (Å²) < 4.78 is 48.7. The molecular weight excluding hydrogens is 567 g/mol. The average molecular weight is 606 g/mol. The Balaban J connectivity index is 1.16. The molecule has 1 N–H and O–H groups in total. The number of amides is 1. The number of piperazine rings is 1. The van der Waals surface area contributed by atoms with Gasteiger partial charge in [-0.1, -0.05) is 32.0 Å². The Morgan fingerprint density at radius 1 is 1.05 bits per heavy atom. The molecule has 10 heteroatoms. The molecular formula is C34H38F3N5O2. The molecule has 2 aliphatic rings. The minimum atomic E-state index is -4.49. The van der Waals surface area contributed by atoms with Crippen LogP contribution in [0.25, 0.3) is 11.0 Å². The van der Waals surface area contributed by atoms with Gasteiger partial charge in [0, 0.05) is 57.7 Å². The molecule has 0 saturated carbocycles. The number of ether oxygens (including phenoxy) is 1. The van der Waals surface area contributed by atoms with E-state index in [1.54, 1.807) is 23.2 Å². The van der Waals surface area contributed by atoms with Gasteiger partial charge in [0.2, 0.25) is 5.91 Å². The zero-order chi connectivity index (χ0) is 31.0. The molecule has 44 heavy (non-hydrogen) atoms. The van der Waals surface area contributed by atoms with Crippen LogP contribution in [-0.4, -0.2) is 69.8 Å². The summed E-state index contributed by atoms with van der Waals surface area (Å²) in [4.78, 5) is 27.1. The Hall–Kier alpha value is -3.89. The van der Waals surface area contributed by atoms with Crippen molar-refractivity contribution in [2.45, 2.75) is 52.4 Å². The lowest BCUT2D eigenvalue weighted by Gasteiger charge is -2.34. The summed E-state index contributed by atoms with van der Waals surface area (Å²) in [6, 6.07) is 14.1. The second kappa shape index (κ2) is 12.2. The highest BCUT2D eigenvalue weighted by atomic mass is 19.4. The van der Waals surface area contributed by atoms with Crippen LogP contribution in [0.5, 0.6) is 11.5 Å². The first-order valence-corrected chi connectivity index (χ1v) is 15.2. The van der Waals surface area contributed by atoms with E-state index in [1.165, 1.54) is 6.07 Å². The molecule has 4 aromatic rings. The number of hydrogen-bond donors (Lipinski definition) is 1. The summed E-state index contributed by atoms with van der Waals surface area (Å²) in [7, 11) is 0. The number of pyridine rings is 1. The Bertz CT molecular complexity index is 1660. The highest BCUT2D eigenvalue weighted by molar-refractivity contribution is 5.83. The second-order valence-electron chi connectivity index (χ2n) is 12.0. The highest BCUT2D eigenvalue weighted by Crippen LogP contribution is 2.36. The predicted molar refractivity (Wildman–Crippen MR) is 164 cm³/mol. The number of rotatable bonds is 7.